The number of allylic oxidation sites excluding steroid dienone is 1. The van der Waals surface area contributed by atoms with Gasteiger partial charge in [-0.1, -0.05) is 35.4 Å². The van der Waals surface area contributed by atoms with Crippen LogP contribution in [0.3, 0.4) is 0 Å². The Labute approximate surface area is 154 Å². The molecule has 4 aliphatic rings. The van der Waals surface area contributed by atoms with Crippen LogP contribution in [0.4, 0.5) is 0 Å². The molecule has 0 N–H and O–H groups in total. The summed E-state index contributed by atoms with van der Waals surface area (Å²) in [6, 6.07) is 0. The number of ketones is 2. The first-order valence-electron chi connectivity index (χ1n) is 9.67. The van der Waals surface area contributed by atoms with Crippen LogP contribution in [0.2, 0.25) is 0 Å². The third-order valence-corrected chi connectivity index (χ3v) is 9.78. The van der Waals surface area contributed by atoms with Crippen molar-refractivity contribution in [3.05, 3.63) is 11.6 Å². The Kier molecular flexibility index (Phi) is 3.91. The Morgan fingerprint density at radius 3 is 2.62 bits per heavy atom. The summed E-state index contributed by atoms with van der Waals surface area (Å²) in [5.41, 5.74) is 1.75. The minimum atomic E-state index is 0.131. The lowest BCUT2D eigenvalue weighted by atomic mass is 9.46. The summed E-state index contributed by atoms with van der Waals surface area (Å²) in [7, 11) is 0. The second-order valence-corrected chi connectivity index (χ2v) is 10.4. The minimum Gasteiger partial charge on any atom is -0.300 e. The van der Waals surface area contributed by atoms with E-state index < -0.39 is 0 Å². The van der Waals surface area contributed by atoms with Gasteiger partial charge in [-0.15, -0.1) is 0 Å². The second kappa shape index (κ2) is 5.53. The molecule has 3 saturated carbocycles. The molecule has 3 heteroatoms. The zero-order valence-electron chi connectivity index (χ0n) is 15.1. The fourth-order valence-corrected chi connectivity index (χ4v) is 8.19. The Balaban J connectivity index is 1.70. The van der Waals surface area contributed by atoms with Gasteiger partial charge < -0.3 is 0 Å². The number of carbonyl (C=O) groups is 2. The summed E-state index contributed by atoms with van der Waals surface area (Å²) < 4.78 is 0. The van der Waals surface area contributed by atoms with Crippen molar-refractivity contribution in [2.45, 2.75) is 70.5 Å². The lowest BCUT2D eigenvalue weighted by molar-refractivity contribution is -0.128. The average Bonchev–Trinajstić information content (AvgIpc) is 2.86. The van der Waals surface area contributed by atoms with Crippen molar-refractivity contribution < 1.29 is 9.59 Å². The lowest BCUT2D eigenvalue weighted by Gasteiger charge is -2.59. The first-order valence-corrected chi connectivity index (χ1v) is 10.6. The van der Waals surface area contributed by atoms with E-state index in [1.807, 2.05) is 6.08 Å². The highest BCUT2D eigenvalue weighted by molar-refractivity contribution is 9.09. The standard InChI is InChI=1S/C21H29BrO2/c1-12(23)16-6-7-17-15-5-4-13-10-14(24)11-19(22)21(13,3)18(15)8-9-20(16,17)2/h10,15-19H,4-9,11H2,1-3H3/t15-,16+,17-,18-,19?,20+,21-/m0/s1. The summed E-state index contributed by atoms with van der Waals surface area (Å²) in [5, 5.41) is 0. The smallest absolute Gasteiger partial charge is 0.156 e. The van der Waals surface area contributed by atoms with E-state index in [0.717, 1.165) is 18.8 Å². The number of rotatable bonds is 1. The topological polar surface area (TPSA) is 34.1 Å². The number of halogens is 1. The van der Waals surface area contributed by atoms with Gasteiger partial charge in [0.05, 0.1) is 0 Å². The predicted molar refractivity (Wildman–Crippen MR) is 99.0 cm³/mol. The maximum Gasteiger partial charge on any atom is 0.156 e. The third kappa shape index (κ3) is 2.12. The van der Waals surface area contributed by atoms with Crippen LogP contribution in [0.5, 0.6) is 0 Å². The van der Waals surface area contributed by atoms with Crippen LogP contribution >= 0.6 is 15.9 Å². The van der Waals surface area contributed by atoms with E-state index in [2.05, 4.69) is 29.8 Å². The van der Waals surface area contributed by atoms with Crippen LogP contribution in [0, 0.1) is 34.5 Å². The SMILES string of the molecule is CC(=O)[C@H]1CC[C@H]2[C@@H]3CCC4=CC(=O)CC(Br)[C@]4(C)[C@H]3CC[C@]12C. The average molecular weight is 393 g/mol. The summed E-state index contributed by atoms with van der Waals surface area (Å²) in [5.74, 6) is 3.06. The zero-order chi connectivity index (χ0) is 17.3. The van der Waals surface area contributed by atoms with E-state index in [0.29, 0.717) is 29.8 Å². The van der Waals surface area contributed by atoms with Gasteiger partial charge in [-0.05, 0) is 74.7 Å². The van der Waals surface area contributed by atoms with Crippen molar-refractivity contribution in [1.29, 1.82) is 0 Å². The Morgan fingerprint density at radius 2 is 1.92 bits per heavy atom. The van der Waals surface area contributed by atoms with Gasteiger partial charge in [-0.3, -0.25) is 9.59 Å². The van der Waals surface area contributed by atoms with Crippen molar-refractivity contribution in [2.24, 2.45) is 34.5 Å². The highest BCUT2D eigenvalue weighted by atomic mass is 79.9. The molecule has 0 aromatic carbocycles. The molecule has 24 heavy (non-hydrogen) atoms. The van der Waals surface area contributed by atoms with Crippen molar-refractivity contribution in [3.63, 3.8) is 0 Å². The monoisotopic (exact) mass is 392 g/mol. The third-order valence-electron chi connectivity index (χ3n) is 8.50. The van der Waals surface area contributed by atoms with Gasteiger partial charge in [0.25, 0.3) is 0 Å². The summed E-state index contributed by atoms with van der Waals surface area (Å²) in [4.78, 5) is 24.5. The van der Waals surface area contributed by atoms with Crippen LogP contribution in [0.1, 0.15) is 65.7 Å². The predicted octanol–water partition coefficient (Wildman–Crippen LogP) is 5.10. The normalized spacial score (nSPS) is 50.6. The molecule has 0 aromatic heterocycles. The molecule has 1 unspecified atom stereocenters. The maximum absolute atomic E-state index is 12.2. The summed E-state index contributed by atoms with van der Waals surface area (Å²) >= 11 is 3.89. The Hall–Kier alpha value is -0.440. The van der Waals surface area contributed by atoms with Gasteiger partial charge >= 0.3 is 0 Å². The first-order chi connectivity index (χ1) is 11.3. The molecule has 0 amide bonds. The Bertz CT molecular complexity index is 623. The number of hydrogen-bond acceptors (Lipinski definition) is 2. The molecular weight excluding hydrogens is 364 g/mol. The number of alkyl halides is 1. The molecule has 2 nitrogen and oxygen atoms in total. The lowest BCUT2D eigenvalue weighted by Crippen LogP contribution is -2.54. The van der Waals surface area contributed by atoms with Gasteiger partial charge in [0.1, 0.15) is 5.78 Å². The molecule has 0 bridgehead atoms. The molecule has 0 spiro atoms. The number of Topliss-reactive ketones (excluding diaryl/α,β-unsaturated/α-hetero) is 1. The fourth-order valence-electron chi connectivity index (χ4n) is 7.24. The highest BCUT2D eigenvalue weighted by Gasteiger charge is 2.61. The van der Waals surface area contributed by atoms with E-state index in [1.165, 1.54) is 31.3 Å². The van der Waals surface area contributed by atoms with Crippen LogP contribution < -0.4 is 0 Å². The molecule has 7 atom stereocenters. The highest BCUT2D eigenvalue weighted by Crippen LogP contribution is 2.67. The molecule has 132 valence electrons. The first kappa shape index (κ1) is 17.0. The van der Waals surface area contributed by atoms with E-state index >= 15 is 0 Å². The van der Waals surface area contributed by atoms with E-state index in [9.17, 15) is 9.59 Å². The molecule has 0 aliphatic heterocycles. The number of carbonyl (C=O) groups excluding carboxylic acids is 2. The summed E-state index contributed by atoms with van der Waals surface area (Å²) in [6.45, 7) is 6.60. The maximum atomic E-state index is 12.2. The molecule has 4 rings (SSSR count). The van der Waals surface area contributed by atoms with Crippen molar-refractivity contribution in [1.82, 2.24) is 0 Å². The van der Waals surface area contributed by atoms with Gasteiger partial charge in [0.2, 0.25) is 0 Å². The van der Waals surface area contributed by atoms with Gasteiger partial charge in [0, 0.05) is 22.6 Å². The quantitative estimate of drug-likeness (QED) is 0.581. The molecule has 4 aliphatic carbocycles. The molecule has 0 aromatic rings. The largest absolute Gasteiger partial charge is 0.300 e. The molecule has 3 fully saturated rings. The van der Waals surface area contributed by atoms with Crippen LogP contribution in [-0.2, 0) is 9.59 Å². The zero-order valence-corrected chi connectivity index (χ0v) is 16.7. The van der Waals surface area contributed by atoms with Crippen LogP contribution in [0.25, 0.3) is 0 Å². The van der Waals surface area contributed by atoms with Crippen molar-refractivity contribution in [2.75, 3.05) is 0 Å². The van der Waals surface area contributed by atoms with E-state index in [-0.39, 0.29) is 21.6 Å². The van der Waals surface area contributed by atoms with Gasteiger partial charge in [-0.2, -0.15) is 0 Å². The molecule has 0 saturated heterocycles. The molecule has 0 heterocycles. The van der Waals surface area contributed by atoms with E-state index in [1.54, 1.807) is 6.92 Å². The van der Waals surface area contributed by atoms with Crippen LogP contribution in [-0.4, -0.2) is 16.4 Å². The second-order valence-electron chi connectivity index (χ2n) is 9.29. The molecule has 0 radical (unpaired) electrons. The van der Waals surface area contributed by atoms with Crippen LogP contribution in [0.15, 0.2) is 11.6 Å². The summed E-state index contributed by atoms with van der Waals surface area (Å²) in [6.07, 6.45) is 9.60. The van der Waals surface area contributed by atoms with Gasteiger partial charge in [-0.25, -0.2) is 0 Å². The number of fused-ring (bicyclic) bond motifs is 5. The molecular formula is C21H29BrO2. The Morgan fingerprint density at radius 1 is 1.17 bits per heavy atom. The van der Waals surface area contributed by atoms with Crippen molar-refractivity contribution in [3.8, 4) is 0 Å². The minimum absolute atomic E-state index is 0.131. The van der Waals surface area contributed by atoms with Crippen molar-refractivity contribution >= 4 is 27.5 Å². The van der Waals surface area contributed by atoms with E-state index in [4.69, 9.17) is 0 Å². The van der Waals surface area contributed by atoms with Gasteiger partial charge in [0.15, 0.2) is 5.78 Å². The fraction of sp³-hybridized carbons (Fsp3) is 0.810. The number of hydrogen-bond donors (Lipinski definition) is 0.